The Balaban J connectivity index is 3.72. The van der Waals surface area contributed by atoms with Gasteiger partial charge in [0, 0.05) is 6.54 Å². The van der Waals surface area contributed by atoms with Gasteiger partial charge in [0.1, 0.15) is 0 Å². The highest BCUT2D eigenvalue weighted by Crippen LogP contribution is 2.32. The summed E-state index contributed by atoms with van der Waals surface area (Å²) in [6, 6.07) is 2.03. The quantitative estimate of drug-likeness (QED) is 0.916. The molecule has 0 saturated heterocycles. The van der Waals surface area contributed by atoms with E-state index in [0.717, 1.165) is 22.3 Å². The van der Waals surface area contributed by atoms with Gasteiger partial charge in [-0.1, -0.05) is 6.07 Å². The molecule has 0 amide bonds. The van der Waals surface area contributed by atoms with Crippen molar-refractivity contribution in [3.8, 4) is 0 Å². The number of aryl methyl sites for hydroxylation is 2. The molecule has 0 aromatic heterocycles. The number of sulfone groups is 1. The van der Waals surface area contributed by atoms with Crippen molar-refractivity contribution in [3.05, 3.63) is 28.3 Å². The van der Waals surface area contributed by atoms with E-state index >= 15 is 0 Å². The molecule has 0 heterocycles. The van der Waals surface area contributed by atoms with E-state index in [2.05, 4.69) is 0 Å². The van der Waals surface area contributed by atoms with Gasteiger partial charge in [0.05, 0.1) is 9.64 Å². The minimum absolute atomic E-state index is 0.112. The van der Waals surface area contributed by atoms with Crippen molar-refractivity contribution in [3.63, 3.8) is 0 Å². The van der Waals surface area contributed by atoms with Crippen LogP contribution in [0.15, 0.2) is 11.0 Å². The summed E-state index contributed by atoms with van der Waals surface area (Å²) in [5.74, 6) is 0. The standard InChI is InChI=1S/C14H23NO2S/c1-9-7-10(2)12(4)13(11(9)3)18(16,17)14(5,6)8-15/h7H,8,15H2,1-6H3. The highest BCUT2D eigenvalue weighted by Gasteiger charge is 2.37. The molecule has 0 atom stereocenters. The minimum atomic E-state index is -3.42. The van der Waals surface area contributed by atoms with Crippen LogP contribution in [0.2, 0.25) is 0 Å². The van der Waals surface area contributed by atoms with Crippen LogP contribution in [0.4, 0.5) is 0 Å². The molecule has 0 bridgehead atoms. The Bertz CT molecular complexity index is 546. The third kappa shape index (κ3) is 2.19. The maximum absolute atomic E-state index is 12.8. The van der Waals surface area contributed by atoms with Crippen LogP contribution >= 0.6 is 0 Å². The third-order valence-electron chi connectivity index (χ3n) is 3.78. The summed E-state index contributed by atoms with van der Waals surface area (Å²) in [7, 11) is -3.42. The van der Waals surface area contributed by atoms with Crippen molar-refractivity contribution >= 4 is 9.84 Å². The molecule has 2 N–H and O–H groups in total. The van der Waals surface area contributed by atoms with E-state index in [1.165, 1.54) is 0 Å². The molecule has 0 spiro atoms. The Labute approximate surface area is 110 Å². The molecular formula is C14H23NO2S. The topological polar surface area (TPSA) is 60.2 Å². The molecule has 0 saturated carbocycles. The fourth-order valence-corrected chi connectivity index (χ4v) is 3.87. The largest absolute Gasteiger partial charge is 0.329 e. The van der Waals surface area contributed by atoms with Gasteiger partial charge in [0.2, 0.25) is 0 Å². The van der Waals surface area contributed by atoms with Gasteiger partial charge in [0.25, 0.3) is 0 Å². The first-order valence-corrected chi connectivity index (χ1v) is 7.56. The van der Waals surface area contributed by atoms with Crippen LogP contribution in [-0.2, 0) is 9.84 Å². The Morgan fingerprint density at radius 3 is 1.78 bits per heavy atom. The van der Waals surface area contributed by atoms with Crippen LogP contribution in [0, 0.1) is 27.7 Å². The summed E-state index contributed by atoms with van der Waals surface area (Å²) in [4.78, 5) is 0.454. The number of nitrogens with two attached hydrogens (primary N) is 1. The minimum Gasteiger partial charge on any atom is -0.329 e. The van der Waals surface area contributed by atoms with Crippen LogP contribution in [0.3, 0.4) is 0 Å². The van der Waals surface area contributed by atoms with Gasteiger partial charge in [-0.05, 0) is 63.8 Å². The molecule has 0 aliphatic carbocycles. The van der Waals surface area contributed by atoms with Gasteiger partial charge >= 0.3 is 0 Å². The second-order valence-electron chi connectivity index (χ2n) is 5.56. The first-order chi connectivity index (χ1) is 8.06. The summed E-state index contributed by atoms with van der Waals surface area (Å²) in [6.45, 7) is 11.1. The molecule has 0 aliphatic heterocycles. The maximum Gasteiger partial charge on any atom is 0.185 e. The molecule has 0 radical (unpaired) electrons. The van der Waals surface area contributed by atoms with Crippen molar-refractivity contribution < 1.29 is 8.42 Å². The van der Waals surface area contributed by atoms with Crippen molar-refractivity contribution in [1.82, 2.24) is 0 Å². The second kappa shape index (κ2) is 4.67. The molecule has 0 unspecified atom stereocenters. The van der Waals surface area contributed by atoms with E-state index in [4.69, 9.17) is 5.73 Å². The third-order valence-corrected chi connectivity index (χ3v) is 6.56. The van der Waals surface area contributed by atoms with Crippen molar-refractivity contribution in [1.29, 1.82) is 0 Å². The lowest BCUT2D eigenvalue weighted by Gasteiger charge is -2.26. The lowest BCUT2D eigenvalue weighted by Crippen LogP contribution is -2.40. The first-order valence-electron chi connectivity index (χ1n) is 6.08. The lowest BCUT2D eigenvalue weighted by molar-refractivity contribution is 0.547. The monoisotopic (exact) mass is 269 g/mol. The first kappa shape index (κ1) is 15.2. The molecule has 0 aliphatic rings. The van der Waals surface area contributed by atoms with Crippen LogP contribution in [0.5, 0.6) is 0 Å². The number of hydrogen-bond acceptors (Lipinski definition) is 3. The zero-order valence-electron chi connectivity index (χ0n) is 12.1. The van der Waals surface area contributed by atoms with E-state index in [9.17, 15) is 8.42 Å². The highest BCUT2D eigenvalue weighted by atomic mass is 32.2. The van der Waals surface area contributed by atoms with Gasteiger partial charge in [-0.2, -0.15) is 0 Å². The van der Waals surface area contributed by atoms with Gasteiger partial charge in [-0.15, -0.1) is 0 Å². The van der Waals surface area contributed by atoms with E-state index in [1.54, 1.807) is 13.8 Å². The van der Waals surface area contributed by atoms with Gasteiger partial charge in [0.15, 0.2) is 9.84 Å². The average molecular weight is 269 g/mol. The molecule has 4 heteroatoms. The van der Waals surface area contributed by atoms with Gasteiger partial charge in [-0.25, -0.2) is 8.42 Å². The highest BCUT2D eigenvalue weighted by molar-refractivity contribution is 7.93. The van der Waals surface area contributed by atoms with Crippen LogP contribution in [0.25, 0.3) is 0 Å². The van der Waals surface area contributed by atoms with Crippen molar-refractivity contribution in [2.45, 2.75) is 51.2 Å². The molecule has 0 fully saturated rings. The zero-order chi connectivity index (χ0) is 14.3. The van der Waals surface area contributed by atoms with E-state index in [-0.39, 0.29) is 6.54 Å². The summed E-state index contributed by atoms with van der Waals surface area (Å²) >= 11 is 0. The number of hydrogen-bond donors (Lipinski definition) is 1. The maximum atomic E-state index is 12.8. The van der Waals surface area contributed by atoms with Crippen molar-refractivity contribution in [2.24, 2.45) is 5.73 Å². The summed E-state index contributed by atoms with van der Waals surface area (Å²) in [6.07, 6.45) is 0. The zero-order valence-corrected chi connectivity index (χ0v) is 12.9. The Hall–Kier alpha value is -0.870. The Morgan fingerprint density at radius 2 is 1.44 bits per heavy atom. The molecule has 3 nitrogen and oxygen atoms in total. The molecule has 18 heavy (non-hydrogen) atoms. The SMILES string of the molecule is Cc1cc(C)c(C)c(S(=O)(=O)C(C)(C)CN)c1C. The predicted molar refractivity (Wildman–Crippen MR) is 75.7 cm³/mol. The normalized spacial score (nSPS) is 12.8. The van der Waals surface area contributed by atoms with Gasteiger partial charge < -0.3 is 5.73 Å². The average Bonchev–Trinajstić information content (AvgIpc) is 2.26. The van der Waals surface area contributed by atoms with E-state index in [0.29, 0.717) is 4.90 Å². The molecular weight excluding hydrogens is 246 g/mol. The van der Waals surface area contributed by atoms with Crippen molar-refractivity contribution in [2.75, 3.05) is 6.54 Å². The van der Waals surface area contributed by atoms with E-state index in [1.807, 2.05) is 33.8 Å². The summed E-state index contributed by atoms with van der Waals surface area (Å²) in [5.41, 5.74) is 9.30. The molecule has 1 aromatic carbocycles. The van der Waals surface area contributed by atoms with E-state index < -0.39 is 14.6 Å². The van der Waals surface area contributed by atoms with Crippen LogP contribution < -0.4 is 5.73 Å². The smallest absolute Gasteiger partial charge is 0.185 e. The lowest BCUT2D eigenvalue weighted by atomic mass is 10.0. The second-order valence-corrected chi connectivity index (χ2v) is 8.08. The molecule has 1 aromatic rings. The predicted octanol–water partition coefficient (Wildman–Crippen LogP) is 2.43. The summed E-state index contributed by atoms with van der Waals surface area (Å²) < 4.78 is 24.6. The molecule has 1 rings (SSSR count). The Morgan fingerprint density at radius 1 is 1.06 bits per heavy atom. The molecule has 102 valence electrons. The number of benzene rings is 1. The Kier molecular flexibility index (Phi) is 3.94. The van der Waals surface area contributed by atoms with Gasteiger partial charge in [-0.3, -0.25) is 0 Å². The summed E-state index contributed by atoms with van der Waals surface area (Å²) in [5, 5.41) is 0. The number of rotatable bonds is 3. The fourth-order valence-electron chi connectivity index (χ4n) is 1.97. The van der Waals surface area contributed by atoms with Crippen LogP contribution in [0.1, 0.15) is 36.1 Å². The van der Waals surface area contributed by atoms with Crippen LogP contribution in [-0.4, -0.2) is 19.7 Å². The fraction of sp³-hybridized carbons (Fsp3) is 0.571.